The van der Waals surface area contributed by atoms with E-state index in [0.717, 1.165) is 33.5 Å². The van der Waals surface area contributed by atoms with E-state index in [1.54, 1.807) is 0 Å². The molecule has 0 N–H and O–H groups in total. The summed E-state index contributed by atoms with van der Waals surface area (Å²) in [5.74, 6) is 0. The number of fused-ring (bicyclic) bond motifs is 8. The molecule has 1 heterocycles. The van der Waals surface area contributed by atoms with Gasteiger partial charge in [-0.25, -0.2) is 9.97 Å². The molecule has 7 aromatic carbocycles. The Bertz CT molecular complexity index is 2180. The van der Waals surface area contributed by atoms with Crippen LogP contribution in [0.3, 0.4) is 0 Å². The fourth-order valence-corrected chi connectivity index (χ4v) is 5.86. The van der Waals surface area contributed by atoms with Gasteiger partial charge in [-0.3, -0.25) is 0 Å². The van der Waals surface area contributed by atoms with Crippen molar-refractivity contribution in [2.24, 2.45) is 0 Å². The Hall–Kier alpha value is -5.08. The molecule has 8 rings (SSSR count). The van der Waals surface area contributed by atoms with Crippen LogP contribution < -0.4 is 0 Å². The number of aromatic nitrogens is 2. The van der Waals surface area contributed by atoms with E-state index < -0.39 is 0 Å². The number of rotatable bonds is 2. The second kappa shape index (κ2) is 8.22. The molecule has 0 saturated heterocycles. The van der Waals surface area contributed by atoms with Crippen LogP contribution in [0.2, 0.25) is 0 Å². The van der Waals surface area contributed by atoms with Gasteiger partial charge < -0.3 is 0 Å². The lowest BCUT2D eigenvalue weighted by atomic mass is 9.91. The van der Waals surface area contributed by atoms with E-state index in [9.17, 15) is 0 Å². The summed E-state index contributed by atoms with van der Waals surface area (Å²) in [7, 11) is 0. The molecule has 0 amide bonds. The molecule has 38 heavy (non-hydrogen) atoms. The van der Waals surface area contributed by atoms with Crippen LogP contribution in [0.4, 0.5) is 0 Å². The number of benzene rings is 7. The van der Waals surface area contributed by atoms with Crippen LogP contribution in [0.15, 0.2) is 133 Å². The summed E-state index contributed by atoms with van der Waals surface area (Å²) in [6.45, 7) is 0. The van der Waals surface area contributed by atoms with E-state index in [1.165, 1.54) is 43.1 Å². The molecular formula is C36H22N2. The Morgan fingerprint density at radius 2 is 0.842 bits per heavy atom. The van der Waals surface area contributed by atoms with Crippen LogP contribution in [-0.4, -0.2) is 9.97 Å². The van der Waals surface area contributed by atoms with Gasteiger partial charge in [-0.15, -0.1) is 0 Å². The van der Waals surface area contributed by atoms with Gasteiger partial charge in [0.15, 0.2) is 0 Å². The Morgan fingerprint density at radius 3 is 1.61 bits per heavy atom. The molecule has 0 aliphatic carbocycles. The Labute approximate surface area is 219 Å². The first kappa shape index (κ1) is 21.0. The van der Waals surface area contributed by atoms with Gasteiger partial charge in [0, 0.05) is 11.1 Å². The lowest BCUT2D eigenvalue weighted by Crippen LogP contribution is -1.96. The highest BCUT2D eigenvalue weighted by Gasteiger charge is 2.16. The van der Waals surface area contributed by atoms with E-state index >= 15 is 0 Å². The Balaban J connectivity index is 1.44. The zero-order valence-electron chi connectivity index (χ0n) is 20.6. The molecule has 0 radical (unpaired) electrons. The van der Waals surface area contributed by atoms with E-state index in [1.807, 2.05) is 30.3 Å². The maximum Gasteiger partial charge on any atom is 0.0979 e. The number of para-hydroxylation sites is 2. The van der Waals surface area contributed by atoms with Gasteiger partial charge in [0.1, 0.15) is 0 Å². The van der Waals surface area contributed by atoms with Crippen molar-refractivity contribution in [2.75, 3.05) is 0 Å². The first-order valence-electron chi connectivity index (χ1n) is 12.9. The second-order valence-electron chi connectivity index (χ2n) is 9.78. The average molecular weight is 483 g/mol. The van der Waals surface area contributed by atoms with Crippen LogP contribution in [0.5, 0.6) is 0 Å². The summed E-state index contributed by atoms with van der Waals surface area (Å²) in [5, 5.41) is 10.1. The third kappa shape index (κ3) is 3.14. The van der Waals surface area contributed by atoms with Crippen molar-refractivity contribution in [2.45, 2.75) is 0 Å². The van der Waals surface area contributed by atoms with Crippen LogP contribution in [-0.2, 0) is 0 Å². The maximum atomic E-state index is 5.17. The fourth-order valence-electron chi connectivity index (χ4n) is 5.86. The molecule has 0 saturated carbocycles. The van der Waals surface area contributed by atoms with Gasteiger partial charge in [-0.05, 0) is 55.2 Å². The quantitative estimate of drug-likeness (QED) is 0.229. The molecule has 1 aromatic heterocycles. The Morgan fingerprint density at radius 1 is 0.316 bits per heavy atom. The van der Waals surface area contributed by atoms with Gasteiger partial charge >= 0.3 is 0 Å². The lowest BCUT2D eigenvalue weighted by Gasteiger charge is -2.14. The van der Waals surface area contributed by atoms with Gasteiger partial charge in [0.2, 0.25) is 0 Å². The molecule has 2 nitrogen and oxygen atoms in total. The largest absolute Gasteiger partial charge is 0.244 e. The lowest BCUT2D eigenvalue weighted by molar-refractivity contribution is 1.30. The number of hydrogen-bond acceptors (Lipinski definition) is 2. The predicted molar refractivity (Wildman–Crippen MR) is 160 cm³/mol. The minimum absolute atomic E-state index is 0.901. The van der Waals surface area contributed by atoms with Crippen molar-refractivity contribution in [1.82, 2.24) is 9.97 Å². The molecule has 176 valence electrons. The van der Waals surface area contributed by atoms with Crippen molar-refractivity contribution in [3.05, 3.63) is 133 Å². The normalized spacial score (nSPS) is 11.7. The van der Waals surface area contributed by atoms with Crippen molar-refractivity contribution < 1.29 is 0 Å². The first-order valence-corrected chi connectivity index (χ1v) is 12.9. The van der Waals surface area contributed by atoms with E-state index in [0.29, 0.717) is 0 Å². The molecule has 0 fully saturated rings. The van der Waals surface area contributed by atoms with Crippen LogP contribution in [0.25, 0.3) is 76.6 Å². The predicted octanol–water partition coefficient (Wildman–Crippen LogP) is 9.58. The molecule has 0 spiro atoms. The minimum Gasteiger partial charge on any atom is -0.244 e. The van der Waals surface area contributed by atoms with Crippen molar-refractivity contribution in [3.8, 4) is 22.5 Å². The summed E-state index contributed by atoms with van der Waals surface area (Å²) in [6, 6.07) is 47.2. The van der Waals surface area contributed by atoms with Crippen LogP contribution in [0, 0.1) is 0 Å². The SMILES string of the molecule is c1ccc(-c2nc3ccccc3nc2-c2cccc3c2ccc2c3ccc3c4ccccc4ccc32)cc1. The van der Waals surface area contributed by atoms with Gasteiger partial charge in [0.05, 0.1) is 22.4 Å². The van der Waals surface area contributed by atoms with Gasteiger partial charge in [-0.2, -0.15) is 0 Å². The summed E-state index contributed by atoms with van der Waals surface area (Å²) in [5.41, 5.74) is 5.78. The number of nitrogens with zero attached hydrogens (tertiary/aromatic N) is 2. The minimum atomic E-state index is 0.901. The van der Waals surface area contributed by atoms with Crippen LogP contribution >= 0.6 is 0 Å². The summed E-state index contributed by atoms with van der Waals surface area (Å²) >= 11 is 0. The van der Waals surface area contributed by atoms with Crippen LogP contribution in [0.1, 0.15) is 0 Å². The highest BCUT2D eigenvalue weighted by molar-refractivity contribution is 6.23. The van der Waals surface area contributed by atoms with Crippen molar-refractivity contribution in [3.63, 3.8) is 0 Å². The third-order valence-corrected chi connectivity index (χ3v) is 7.65. The molecular weight excluding hydrogens is 460 g/mol. The molecule has 0 unspecified atom stereocenters. The van der Waals surface area contributed by atoms with Crippen molar-refractivity contribution >= 4 is 54.1 Å². The molecule has 2 heteroatoms. The third-order valence-electron chi connectivity index (χ3n) is 7.65. The van der Waals surface area contributed by atoms with E-state index in [4.69, 9.17) is 9.97 Å². The molecule has 0 bridgehead atoms. The zero-order chi connectivity index (χ0) is 25.1. The second-order valence-corrected chi connectivity index (χ2v) is 9.78. The van der Waals surface area contributed by atoms with E-state index in [2.05, 4.69) is 103 Å². The molecule has 0 aliphatic rings. The smallest absolute Gasteiger partial charge is 0.0979 e. The molecule has 0 aliphatic heterocycles. The van der Waals surface area contributed by atoms with Gasteiger partial charge in [0.25, 0.3) is 0 Å². The Kier molecular flexibility index (Phi) is 4.55. The van der Waals surface area contributed by atoms with Gasteiger partial charge in [-0.1, -0.05) is 121 Å². The molecule has 0 atom stereocenters. The maximum absolute atomic E-state index is 5.17. The summed E-state index contributed by atoms with van der Waals surface area (Å²) in [4.78, 5) is 10.3. The standard InChI is InChI=1S/C36H22N2/c1-2-10-24(11-3-1)35-36(38-34-16-7-6-15-33(34)37-35)32-14-8-13-26-29-20-19-27-25-12-5-4-9-23(25)17-18-28(27)30(29)21-22-31(26)32/h1-22H. The topological polar surface area (TPSA) is 25.8 Å². The fraction of sp³-hybridized carbons (Fsp3) is 0. The highest BCUT2D eigenvalue weighted by atomic mass is 14.8. The monoisotopic (exact) mass is 482 g/mol. The zero-order valence-corrected chi connectivity index (χ0v) is 20.6. The molecule has 8 aromatic rings. The first-order chi connectivity index (χ1) is 18.8. The number of hydrogen-bond donors (Lipinski definition) is 0. The van der Waals surface area contributed by atoms with E-state index in [-0.39, 0.29) is 0 Å². The van der Waals surface area contributed by atoms with Crippen molar-refractivity contribution in [1.29, 1.82) is 0 Å². The average Bonchev–Trinajstić information content (AvgIpc) is 3.00. The highest BCUT2D eigenvalue weighted by Crippen LogP contribution is 2.39. The summed E-state index contributed by atoms with van der Waals surface area (Å²) < 4.78 is 0. The summed E-state index contributed by atoms with van der Waals surface area (Å²) in [6.07, 6.45) is 0.